The molecule has 28 heavy (non-hydrogen) atoms. The summed E-state index contributed by atoms with van der Waals surface area (Å²) in [5, 5.41) is 17.4. The Morgan fingerprint density at radius 3 is 1.39 bits per heavy atom. The first-order chi connectivity index (χ1) is 13.5. The van der Waals surface area contributed by atoms with Crippen molar-refractivity contribution in [1.29, 1.82) is 0 Å². The summed E-state index contributed by atoms with van der Waals surface area (Å²) in [6.45, 7) is 6.51. The molecule has 0 saturated heterocycles. The lowest BCUT2D eigenvalue weighted by Crippen LogP contribution is -2.13. The third-order valence-electron chi connectivity index (χ3n) is 5.16. The van der Waals surface area contributed by atoms with E-state index in [4.69, 9.17) is 10.2 Å². The number of unbranched alkanes of at least 4 members (excludes halogenated alkanes) is 12. The predicted molar refractivity (Wildman–Crippen MR) is 119 cm³/mol. The Morgan fingerprint density at radius 1 is 0.571 bits per heavy atom. The van der Waals surface area contributed by atoms with Crippen LogP contribution in [0, 0.1) is 5.92 Å². The van der Waals surface area contributed by atoms with Gasteiger partial charge in [0, 0.05) is 6.42 Å². The molecule has 0 aliphatic carbocycles. The van der Waals surface area contributed by atoms with Crippen LogP contribution >= 0.6 is 0 Å². The highest BCUT2D eigenvalue weighted by Gasteiger charge is 2.15. The van der Waals surface area contributed by atoms with Gasteiger partial charge in [0.1, 0.15) is 0 Å². The van der Waals surface area contributed by atoms with Gasteiger partial charge < -0.3 is 10.2 Å². The Kier molecular flexibility index (Phi) is 25.0. The fourth-order valence-electron chi connectivity index (χ4n) is 3.25. The molecule has 4 nitrogen and oxygen atoms in total. The highest BCUT2D eigenvalue weighted by molar-refractivity contribution is 5.69. The summed E-state index contributed by atoms with van der Waals surface area (Å²) in [6, 6.07) is 0. The van der Waals surface area contributed by atoms with Crippen molar-refractivity contribution in [3.63, 3.8) is 0 Å². The Labute approximate surface area is 174 Å². The van der Waals surface area contributed by atoms with Crippen molar-refractivity contribution < 1.29 is 19.8 Å². The molecule has 0 spiro atoms. The van der Waals surface area contributed by atoms with Crippen LogP contribution in [-0.2, 0) is 9.59 Å². The van der Waals surface area contributed by atoms with Gasteiger partial charge in [0.2, 0.25) is 0 Å². The zero-order valence-corrected chi connectivity index (χ0v) is 19.0. The number of hydrogen-bond acceptors (Lipinski definition) is 2. The van der Waals surface area contributed by atoms with Crippen LogP contribution in [0.15, 0.2) is 0 Å². The summed E-state index contributed by atoms with van der Waals surface area (Å²) in [6.07, 6.45) is 20.1. The molecule has 4 heteroatoms. The minimum Gasteiger partial charge on any atom is -0.481 e. The van der Waals surface area contributed by atoms with E-state index < -0.39 is 11.9 Å². The van der Waals surface area contributed by atoms with Crippen molar-refractivity contribution in [2.45, 2.75) is 136 Å². The highest BCUT2D eigenvalue weighted by atomic mass is 16.4. The zero-order chi connectivity index (χ0) is 21.5. The van der Waals surface area contributed by atoms with Crippen molar-refractivity contribution in [2.24, 2.45) is 5.92 Å². The first kappa shape index (κ1) is 29.1. The molecule has 0 aromatic carbocycles. The lowest BCUT2D eigenvalue weighted by atomic mass is 9.95. The third-order valence-corrected chi connectivity index (χ3v) is 5.16. The molecule has 168 valence electrons. The van der Waals surface area contributed by atoms with Gasteiger partial charge in [-0.3, -0.25) is 9.59 Å². The Morgan fingerprint density at radius 2 is 0.964 bits per heavy atom. The first-order valence-corrected chi connectivity index (χ1v) is 11.9. The Hall–Kier alpha value is -1.06. The van der Waals surface area contributed by atoms with E-state index in [1.165, 1.54) is 64.2 Å². The van der Waals surface area contributed by atoms with Gasteiger partial charge in [0.15, 0.2) is 0 Å². The lowest BCUT2D eigenvalue weighted by molar-refractivity contribution is -0.142. The van der Waals surface area contributed by atoms with Crippen molar-refractivity contribution in [1.82, 2.24) is 0 Å². The molecule has 2 N–H and O–H groups in total. The van der Waals surface area contributed by atoms with Crippen molar-refractivity contribution >= 4 is 11.9 Å². The molecule has 0 aromatic rings. The molecule has 0 radical (unpaired) electrons. The molecule has 0 amide bonds. The van der Waals surface area contributed by atoms with E-state index in [1.807, 2.05) is 0 Å². The SMILES string of the molecule is CCCCCCC(CCCC)C(=O)O.CCCCCCCCCCCC(=O)O. The van der Waals surface area contributed by atoms with Gasteiger partial charge in [-0.25, -0.2) is 0 Å². The van der Waals surface area contributed by atoms with Crippen LogP contribution in [0.2, 0.25) is 0 Å². The van der Waals surface area contributed by atoms with Crippen LogP contribution in [0.4, 0.5) is 0 Å². The van der Waals surface area contributed by atoms with Gasteiger partial charge in [-0.2, -0.15) is 0 Å². The number of carboxylic acids is 2. The van der Waals surface area contributed by atoms with Crippen molar-refractivity contribution in [2.75, 3.05) is 0 Å². The predicted octanol–water partition coefficient (Wildman–Crippen LogP) is 7.84. The van der Waals surface area contributed by atoms with E-state index in [9.17, 15) is 9.59 Å². The second-order valence-corrected chi connectivity index (χ2v) is 8.00. The minimum absolute atomic E-state index is 0.0909. The number of carboxylic acid groups (broad SMARTS) is 2. The largest absolute Gasteiger partial charge is 0.481 e. The molecule has 0 heterocycles. The van der Waals surface area contributed by atoms with Crippen LogP contribution in [0.5, 0.6) is 0 Å². The van der Waals surface area contributed by atoms with Crippen LogP contribution in [-0.4, -0.2) is 22.2 Å². The monoisotopic (exact) mass is 400 g/mol. The maximum atomic E-state index is 10.9. The van der Waals surface area contributed by atoms with Gasteiger partial charge in [0.25, 0.3) is 0 Å². The summed E-state index contributed by atoms with van der Waals surface area (Å²) in [7, 11) is 0. The zero-order valence-electron chi connectivity index (χ0n) is 19.0. The standard InChI is InChI=1S/2C12H24O2/c1-3-5-7-8-10-11(12(13)14)9-6-4-2;1-2-3-4-5-6-7-8-9-10-11-12(13)14/h11H,3-10H2,1-2H3,(H,13,14);2-11H2,1H3,(H,13,14). The van der Waals surface area contributed by atoms with Crippen LogP contribution in [0.3, 0.4) is 0 Å². The number of rotatable bonds is 19. The lowest BCUT2D eigenvalue weighted by Gasteiger charge is -2.10. The van der Waals surface area contributed by atoms with Crippen molar-refractivity contribution in [3.8, 4) is 0 Å². The number of carbonyl (C=O) groups is 2. The summed E-state index contributed by atoms with van der Waals surface area (Å²) < 4.78 is 0. The number of aliphatic carboxylic acids is 2. The molecule has 1 unspecified atom stereocenters. The fraction of sp³-hybridized carbons (Fsp3) is 0.917. The summed E-state index contributed by atoms with van der Waals surface area (Å²) in [5.41, 5.74) is 0. The van der Waals surface area contributed by atoms with Gasteiger partial charge in [-0.05, 0) is 19.3 Å². The van der Waals surface area contributed by atoms with E-state index in [0.29, 0.717) is 6.42 Å². The third kappa shape index (κ3) is 24.9. The van der Waals surface area contributed by atoms with E-state index in [1.54, 1.807) is 0 Å². The normalized spacial score (nSPS) is 11.5. The molecule has 0 aliphatic rings. The van der Waals surface area contributed by atoms with Crippen molar-refractivity contribution in [3.05, 3.63) is 0 Å². The van der Waals surface area contributed by atoms with E-state index in [-0.39, 0.29) is 5.92 Å². The summed E-state index contributed by atoms with van der Waals surface area (Å²) in [4.78, 5) is 21.1. The van der Waals surface area contributed by atoms with Crippen LogP contribution < -0.4 is 0 Å². The van der Waals surface area contributed by atoms with Gasteiger partial charge in [-0.15, -0.1) is 0 Å². The second kappa shape index (κ2) is 24.0. The molecular formula is C24H48O4. The Bertz CT molecular complexity index is 341. The second-order valence-electron chi connectivity index (χ2n) is 8.00. The average molecular weight is 401 g/mol. The highest BCUT2D eigenvalue weighted by Crippen LogP contribution is 2.17. The van der Waals surface area contributed by atoms with Gasteiger partial charge >= 0.3 is 11.9 Å². The molecule has 0 saturated carbocycles. The molecule has 0 rings (SSSR count). The van der Waals surface area contributed by atoms with E-state index in [2.05, 4.69) is 20.8 Å². The fourth-order valence-corrected chi connectivity index (χ4v) is 3.25. The Balaban J connectivity index is 0. The van der Waals surface area contributed by atoms with E-state index >= 15 is 0 Å². The molecule has 0 aromatic heterocycles. The molecule has 0 bridgehead atoms. The van der Waals surface area contributed by atoms with Gasteiger partial charge in [0.05, 0.1) is 5.92 Å². The van der Waals surface area contributed by atoms with Crippen LogP contribution in [0.1, 0.15) is 136 Å². The molecule has 0 fully saturated rings. The number of hydrogen-bond donors (Lipinski definition) is 2. The molecular weight excluding hydrogens is 352 g/mol. The van der Waals surface area contributed by atoms with Crippen LogP contribution in [0.25, 0.3) is 0 Å². The molecule has 0 aliphatic heterocycles. The first-order valence-electron chi connectivity index (χ1n) is 11.9. The quantitative estimate of drug-likeness (QED) is 0.216. The summed E-state index contributed by atoms with van der Waals surface area (Å²) in [5.74, 6) is -1.35. The maximum absolute atomic E-state index is 10.9. The average Bonchev–Trinajstić information content (AvgIpc) is 2.66. The topological polar surface area (TPSA) is 74.6 Å². The molecule has 1 atom stereocenters. The smallest absolute Gasteiger partial charge is 0.306 e. The van der Waals surface area contributed by atoms with Gasteiger partial charge in [-0.1, -0.05) is 111 Å². The maximum Gasteiger partial charge on any atom is 0.306 e. The van der Waals surface area contributed by atoms with E-state index in [0.717, 1.165) is 44.9 Å². The minimum atomic E-state index is -0.659. The summed E-state index contributed by atoms with van der Waals surface area (Å²) >= 11 is 0.